The SMILES string of the molecule is COc1ccc(O)cc1CN1CCC2(CCNCC2)C1.Cl.Cl. The van der Waals surface area contributed by atoms with Crippen molar-refractivity contribution in [2.24, 2.45) is 5.41 Å². The van der Waals surface area contributed by atoms with Crippen molar-refractivity contribution in [1.82, 2.24) is 10.2 Å². The van der Waals surface area contributed by atoms with Gasteiger partial charge in [-0.3, -0.25) is 4.90 Å². The van der Waals surface area contributed by atoms with Gasteiger partial charge in [0, 0.05) is 18.7 Å². The Bertz CT molecular complexity index is 479. The predicted octanol–water partition coefficient (Wildman–Crippen LogP) is 2.82. The van der Waals surface area contributed by atoms with Gasteiger partial charge in [-0.1, -0.05) is 0 Å². The molecular formula is C16H26Cl2N2O2. The van der Waals surface area contributed by atoms with Crippen LogP contribution in [-0.2, 0) is 6.54 Å². The van der Waals surface area contributed by atoms with E-state index >= 15 is 0 Å². The number of nitrogens with one attached hydrogen (secondary N) is 1. The van der Waals surface area contributed by atoms with E-state index < -0.39 is 0 Å². The summed E-state index contributed by atoms with van der Waals surface area (Å²) < 4.78 is 5.40. The first kappa shape index (κ1) is 19.4. The number of ether oxygens (including phenoxy) is 1. The Kier molecular flexibility index (Phi) is 7.26. The van der Waals surface area contributed by atoms with Gasteiger partial charge in [0.15, 0.2) is 0 Å². The smallest absolute Gasteiger partial charge is 0.123 e. The third kappa shape index (κ3) is 4.19. The molecule has 2 fully saturated rings. The number of nitrogens with zero attached hydrogens (tertiary/aromatic N) is 1. The number of hydrogen-bond acceptors (Lipinski definition) is 4. The summed E-state index contributed by atoms with van der Waals surface area (Å²) in [5, 5.41) is 13.1. The lowest BCUT2D eigenvalue weighted by Gasteiger charge is -2.34. The third-order valence-electron chi connectivity index (χ3n) is 4.84. The van der Waals surface area contributed by atoms with E-state index in [1.807, 2.05) is 12.1 Å². The zero-order valence-corrected chi connectivity index (χ0v) is 14.6. The number of hydrogen-bond donors (Lipinski definition) is 2. The second kappa shape index (κ2) is 8.25. The maximum absolute atomic E-state index is 9.67. The molecule has 2 N–H and O–H groups in total. The highest BCUT2D eigenvalue weighted by Gasteiger charge is 2.38. The lowest BCUT2D eigenvalue weighted by atomic mass is 9.78. The number of benzene rings is 1. The number of phenolic OH excluding ortho intramolecular Hbond substituents is 1. The maximum atomic E-state index is 9.67. The minimum absolute atomic E-state index is 0. The molecule has 22 heavy (non-hydrogen) atoms. The van der Waals surface area contributed by atoms with Crippen LogP contribution in [0.25, 0.3) is 0 Å². The fourth-order valence-corrected chi connectivity index (χ4v) is 3.66. The van der Waals surface area contributed by atoms with Crippen molar-refractivity contribution in [3.05, 3.63) is 23.8 Å². The Morgan fingerprint density at radius 2 is 1.95 bits per heavy atom. The average Bonchev–Trinajstić information content (AvgIpc) is 2.82. The molecule has 0 unspecified atom stereocenters. The van der Waals surface area contributed by atoms with E-state index in [0.29, 0.717) is 11.2 Å². The van der Waals surface area contributed by atoms with E-state index in [4.69, 9.17) is 4.74 Å². The average molecular weight is 349 g/mol. The molecule has 0 aromatic heterocycles. The summed E-state index contributed by atoms with van der Waals surface area (Å²) in [6.07, 6.45) is 3.89. The monoisotopic (exact) mass is 348 g/mol. The summed E-state index contributed by atoms with van der Waals surface area (Å²) in [7, 11) is 1.69. The molecule has 1 aromatic rings. The van der Waals surface area contributed by atoms with Crippen LogP contribution in [0.4, 0.5) is 0 Å². The molecule has 0 radical (unpaired) electrons. The topological polar surface area (TPSA) is 44.7 Å². The molecule has 2 aliphatic heterocycles. The number of likely N-dealkylation sites (tertiary alicyclic amines) is 1. The van der Waals surface area contributed by atoms with Gasteiger partial charge >= 0.3 is 0 Å². The number of aromatic hydroxyl groups is 1. The van der Waals surface area contributed by atoms with Crippen LogP contribution in [0.15, 0.2) is 18.2 Å². The summed E-state index contributed by atoms with van der Waals surface area (Å²) in [5.74, 6) is 1.19. The summed E-state index contributed by atoms with van der Waals surface area (Å²) >= 11 is 0. The highest BCUT2D eigenvalue weighted by Crippen LogP contribution is 2.39. The Morgan fingerprint density at radius 1 is 1.23 bits per heavy atom. The van der Waals surface area contributed by atoms with Crippen molar-refractivity contribution in [2.75, 3.05) is 33.3 Å². The van der Waals surface area contributed by atoms with Gasteiger partial charge < -0.3 is 15.2 Å². The van der Waals surface area contributed by atoms with Crippen LogP contribution in [0.5, 0.6) is 11.5 Å². The molecule has 1 aromatic carbocycles. The van der Waals surface area contributed by atoms with Crippen molar-refractivity contribution in [1.29, 1.82) is 0 Å². The standard InChI is InChI=1S/C16H24N2O2.2ClH/c1-20-15-3-2-14(19)10-13(15)11-18-9-6-16(12-18)4-7-17-8-5-16;;/h2-3,10,17,19H,4-9,11-12H2,1H3;2*1H. The van der Waals surface area contributed by atoms with Gasteiger partial charge in [0.2, 0.25) is 0 Å². The van der Waals surface area contributed by atoms with E-state index in [9.17, 15) is 5.11 Å². The van der Waals surface area contributed by atoms with Gasteiger partial charge in [-0.25, -0.2) is 0 Å². The second-order valence-corrected chi connectivity index (χ2v) is 6.21. The van der Waals surface area contributed by atoms with E-state index in [-0.39, 0.29) is 24.8 Å². The third-order valence-corrected chi connectivity index (χ3v) is 4.84. The summed E-state index contributed by atoms with van der Waals surface area (Å²) in [6.45, 7) is 5.51. The fraction of sp³-hybridized carbons (Fsp3) is 0.625. The fourth-order valence-electron chi connectivity index (χ4n) is 3.66. The first-order chi connectivity index (χ1) is 9.71. The molecule has 0 amide bonds. The molecule has 2 aliphatic rings. The molecule has 0 bridgehead atoms. The van der Waals surface area contributed by atoms with Crippen LogP contribution in [0.1, 0.15) is 24.8 Å². The van der Waals surface area contributed by atoms with Gasteiger partial charge in [0.1, 0.15) is 11.5 Å². The van der Waals surface area contributed by atoms with Crippen LogP contribution in [0, 0.1) is 5.41 Å². The highest BCUT2D eigenvalue weighted by molar-refractivity contribution is 5.85. The number of piperidine rings is 1. The molecular weight excluding hydrogens is 323 g/mol. The second-order valence-electron chi connectivity index (χ2n) is 6.21. The van der Waals surface area contributed by atoms with Gasteiger partial charge in [-0.15, -0.1) is 24.8 Å². The van der Waals surface area contributed by atoms with Crippen molar-refractivity contribution in [2.45, 2.75) is 25.8 Å². The maximum Gasteiger partial charge on any atom is 0.123 e. The van der Waals surface area contributed by atoms with Crippen molar-refractivity contribution < 1.29 is 9.84 Å². The zero-order chi connectivity index (χ0) is 14.0. The molecule has 1 spiro atoms. The van der Waals surface area contributed by atoms with Gasteiger partial charge in [0.25, 0.3) is 0 Å². The number of halogens is 2. The van der Waals surface area contributed by atoms with Crippen molar-refractivity contribution >= 4 is 24.8 Å². The Hall–Kier alpha value is -0.680. The summed E-state index contributed by atoms with van der Waals surface area (Å²) in [6, 6.07) is 5.36. The molecule has 2 saturated heterocycles. The lowest BCUT2D eigenvalue weighted by molar-refractivity contribution is 0.193. The van der Waals surface area contributed by atoms with Crippen LogP contribution in [0.2, 0.25) is 0 Å². The molecule has 3 rings (SSSR count). The number of rotatable bonds is 3. The lowest BCUT2D eigenvalue weighted by Crippen LogP contribution is -2.38. The van der Waals surface area contributed by atoms with Gasteiger partial charge in [0.05, 0.1) is 7.11 Å². The van der Waals surface area contributed by atoms with Crippen LogP contribution >= 0.6 is 24.8 Å². The molecule has 0 atom stereocenters. The number of phenols is 1. The molecule has 0 saturated carbocycles. The van der Waals surface area contributed by atoms with Crippen molar-refractivity contribution in [3.63, 3.8) is 0 Å². The zero-order valence-electron chi connectivity index (χ0n) is 13.0. The van der Waals surface area contributed by atoms with Crippen LogP contribution in [-0.4, -0.2) is 43.3 Å². The minimum atomic E-state index is 0. The quantitative estimate of drug-likeness (QED) is 0.881. The number of methoxy groups -OCH3 is 1. The van der Waals surface area contributed by atoms with Crippen molar-refractivity contribution in [3.8, 4) is 11.5 Å². The molecule has 4 nitrogen and oxygen atoms in total. The van der Waals surface area contributed by atoms with E-state index in [1.165, 1.54) is 25.8 Å². The van der Waals surface area contributed by atoms with Crippen LogP contribution < -0.4 is 10.1 Å². The predicted molar refractivity (Wildman–Crippen MR) is 93.6 cm³/mol. The minimum Gasteiger partial charge on any atom is -0.508 e. The largest absolute Gasteiger partial charge is 0.508 e. The molecule has 6 heteroatoms. The molecule has 0 aliphatic carbocycles. The van der Waals surface area contributed by atoms with E-state index in [2.05, 4.69) is 10.2 Å². The van der Waals surface area contributed by atoms with E-state index in [0.717, 1.165) is 37.5 Å². The normalized spacial score (nSPS) is 20.2. The van der Waals surface area contributed by atoms with Gasteiger partial charge in [-0.05, 0) is 62.5 Å². The Morgan fingerprint density at radius 3 is 2.64 bits per heavy atom. The molecule has 2 heterocycles. The Labute approximate surface area is 145 Å². The highest BCUT2D eigenvalue weighted by atomic mass is 35.5. The first-order valence-electron chi connectivity index (χ1n) is 7.50. The first-order valence-corrected chi connectivity index (χ1v) is 7.50. The summed E-state index contributed by atoms with van der Waals surface area (Å²) in [5.41, 5.74) is 1.61. The summed E-state index contributed by atoms with van der Waals surface area (Å²) in [4.78, 5) is 2.50. The molecule has 126 valence electrons. The Balaban J connectivity index is 0.00000121. The van der Waals surface area contributed by atoms with Crippen LogP contribution in [0.3, 0.4) is 0 Å². The van der Waals surface area contributed by atoms with E-state index in [1.54, 1.807) is 13.2 Å². The van der Waals surface area contributed by atoms with Gasteiger partial charge in [-0.2, -0.15) is 0 Å².